The summed E-state index contributed by atoms with van der Waals surface area (Å²) in [6.07, 6.45) is 0. The number of benzene rings is 2. The summed E-state index contributed by atoms with van der Waals surface area (Å²) in [6.45, 7) is 3.13. The highest BCUT2D eigenvalue weighted by molar-refractivity contribution is 7.15. The van der Waals surface area contributed by atoms with Crippen LogP contribution in [0.1, 0.15) is 22.8 Å². The van der Waals surface area contributed by atoms with Crippen LogP contribution in [0.25, 0.3) is 11.1 Å². The van der Waals surface area contributed by atoms with Gasteiger partial charge in [-0.05, 0) is 43.7 Å². The Morgan fingerprint density at radius 3 is 2.53 bits per heavy atom. The lowest BCUT2D eigenvalue weighted by molar-refractivity contribution is -0.385. The van der Waals surface area contributed by atoms with Crippen molar-refractivity contribution >= 4 is 45.5 Å². The first-order valence-corrected chi connectivity index (χ1v) is 10.8. The van der Waals surface area contributed by atoms with Crippen LogP contribution in [0, 0.1) is 17.0 Å². The molecule has 0 fully saturated rings. The van der Waals surface area contributed by atoms with Gasteiger partial charge in [-0.2, -0.15) is 0 Å². The summed E-state index contributed by atoms with van der Waals surface area (Å²) in [7, 11) is 0. The first-order valence-electron chi connectivity index (χ1n) is 9.52. The van der Waals surface area contributed by atoms with Gasteiger partial charge in [-0.25, -0.2) is 4.79 Å². The van der Waals surface area contributed by atoms with Gasteiger partial charge in [0.2, 0.25) is 0 Å². The third kappa shape index (κ3) is 5.43. The maximum atomic E-state index is 12.6. The quantitative estimate of drug-likeness (QED) is 0.263. The number of nitro benzene ring substituents is 1. The van der Waals surface area contributed by atoms with Gasteiger partial charge in [0, 0.05) is 27.6 Å². The molecule has 0 saturated carbocycles. The average Bonchev–Trinajstić information content (AvgIpc) is 3.16. The second kappa shape index (κ2) is 10.3. The van der Waals surface area contributed by atoms with Gasteiger partial charge in [-0.3, -0.25) is 14.9 Å². The highest BCUT2D eigenvalue weighted by Gasteiger charge is 2.23. The van der Waals surface area contributed by atoms with E-state index in [0.717, 1.165) is 5.56 Å². The Bertz CT molecular complexity index is 1160. The Kier molecular flexibility index (Phi) is 7.45. The van der Waals surface area contributed by atoms with Crippen molar-refractivity contribution in [2.45, 2.75) is 13.8 Å². The van der Waals surface area contributed by atoms with Crippen molar-refractivity contribution in [2.75, 3.05) is 18.5 Å². The van der Waals surface area contributed by atoms with E-state index in [0.29, 0.717) is 26.9 Å². The number of aryl methyl sites for hydroxylation is 1. The van der Waals surface area contributed by atoms with Gasteiger partial charge in [0.15, 0.2) is 6.61 Å². The number of carbonyl (C=O) groups excluding carboxylic acids is 2. The number of carbonyl (C=O) groups is 2. The minimum Gasteiger partial charge on any atom is -0.484 e. The topological polar surface area (TPSA) is 108 Å². The van der Waals surface area contributed by atoms with Crippen molar-refractivity contribution in [1.82, 2.24) is 0 Å². The van der Waals surface area contributed by atoms with Crippen LogP contribution in [-0.2, 0) is 9.53 Å². The van der Waals surface area contributed by atoms with Crippen molar-refractivity contribution in [1.29, 1.82) is 0 Å². The summed E-state index contributed by atoms with van der Waals surface area (Å²) in [5, 5.41) is 16.3. The fraction of sp³-hybridized carbons (Fsp3) is 0.182. The van der Waals surface area contributed by atoms with Crippen molar-refractivity contribution in [2.24, 2.45) is 0 Å². The van der Waals surface area contributed by atoms with E-state index in [9.17, 15) is 19.7 Å². The third-order valence-corrected chi connectivity index (χ3v) is 5.56. The summed E-state index contributed by atoms with van der Waals surface area (Å²) in [5.74, 6) is -0.723. The Morgan fingerprint density at radius 1 is 1.19 bits per heavy atom. The van der Waals surface area contributed by atoms with Crippen molar-refractivity contribution in [3.8, 4) is 16.9 Å². The molecular formula is C22H19ClN2O6S. The van der Waals surface area contributed by atoms with E-state index in [1.54, 1.807) is 43.5 Å². The highest BCUT2D eigenvalue weighted by atomic mass is 35.5. The summed E-state index contributed by atoms with van der Waals surface area (Å²) >= 11 is 7.14. The second-order valence-corrected chi connectivity index (χ2v) is 7.94. The van der Waals surface area contributed by atoms with Crippen molar-refractivity contribution in [3.63, 3.8) is 0 Å². The molecule has 3 rings (SSSR count). The van der Waals surface area contributed by atoms with Crippen LogP contribution in [0.4, 0.5) is 10.7 Å². The van der Waals surface area contributed by atoms with E-state index in [4.69, 9.17) is 21.1 Å². The second-order valence-electron chi connectivity index (χ2n) is 6.62. The number of anilines is 1. The summed E-state index contributed by atoms with van der Waals surface area (Å²) in [4.78, 5) is 35.5. The Balaban J connectivity index is 1.76. The number of nitrogens with zero attached hydrogens (tertiary/aromatic N) is 1. The molecule has 2 aromatic carbocycles. The SMILES string of the molecule is CCOC(=O)c1c(-c2ccc(Cl)cc2)csc1NC(=O)COc1ccc([N+](=O)[O-])c(C)c1. The first kappa shape index (κ1) is 23.2. The zero-order valence-corrected chi connectivity index (χ0v) is 18.8. The van der Waals surface area contributed by atoms with Crippen molar-refractivity contribution in [3.05, 3.63) is 74.1 Å². The van der Waals surface area contributed by atoms with E-state index in [1.165, 1.54) is 29.5 Å². The molecule has 3 aromatic rings. The van der Waals surface area contributed by atoms with E-state index in [-0.39, 0.29) is 24.5 Å². The molecule has 1 amide bonds. The largest absolute Gasteiger partial charge is 0.484 e. The maximum absolute atomic E-state index is 12.6. The predicted octanol–water partition coefficient (Wildman–Crippen LogP) is 5.48. The Labute approximate surface area is 192 Å². The molecule has 0 aliphatic heterocycles. The fourth-order valence-electron chi connectivity index (χ4n) is 2.93. The number of amides is 1. The number of nitrogens with one attached hydrogen (secondary N) is 1. The Morgan fingerprint density at radius 2 is 1.91 bits per heavy atom. The van der Waals surface area contributed by atoms with Crippen molar-refractivity contribution < 1.29 is 24.0 Å². The summed E-state index contributed by atoms with van der Waals surface area (Å²) < 4.78 is 10.6. The van der Waals surface area contributed by atoms with E-state index in [2.05, 4.69) is 5.32 Å². The van der Waals surface area contributed by atoms with Gasteiger partial charge < -0.3 is 14.8 Å². The number of hydrogen-bond donors (Lipinski definition) is 1. The summed E-state index contributed by atoms with van der Waals surface area (Å²) in [5.41, 5.74) is 2.01. The number of thiophene rings is 1. The molecule has 0 unspecified atom stereocenters. The lowest BCUT2D eigenvalue weighted by Crippen LogP contribution is -2.21. The number of nitro groups is 1. The highest BCUT2D eigenvalue weighted by Crippen LogP contribution is 2.36. The monoisotopic (exact) mass is 474 g/mol. The molecule has 0 spiro atoms. The maximum Gasteiger partial charge on any atom is 0.341 e. The van der Waals surface area contributed by atoms with Crippen LogP contribution >= 0.6 is 22.9 Å². The van der Waals surface area contributed by atoms with Gasteiger partial charge in [0.25, 0.3) is 11.6 Å². The summed E-state index contributed by atoms with van der Waals surface area (Å²) in [6, 6.07) is 11.2. The predicted molar refractivity (Wildman–Crippen MR) is 123 cm³/mol. The smallest absolute Gasteiger partial charge is 0.341 e. The average molecular weight is 475 g/mol. The van der Waals surface area contributed by atoms with Gasteiger partial charge >= 0.3 is 5.97 Å². The number of rotatable bonds is 8. The molecule has 0 saturated heterocycles. The minimum atomic E-state index is -0.555. The van der Waals surface area contributed by atoms with Gasteiger partial charge in [0.05, 0.1) is 11.5 Å². The van der Waals surface area contributed by atoms with E-state index < -0.39 is 16.8 Å². The number of hydrogen-bond acceptors (Lipinski definition) is 7. The lowest BCUT2D eigenvalue weighted by atomic mass is 10.0. The van der Waals surface area contributed by atoms with Gasteiger partial charge in [-0.15, -0.1) is 11.3 Å². The third-order valence-electron chi connectivity index (χ3n) is 4.41. The van der Waals surface area contributed by atoms with Crippen LogP contribution in [0.5, 0.6) is 5.75 Å². The lowest BCUT2D eigenvalue weighted by Gasteiger charge is -2.10. The van der Waals surface area contributed by atoms with Gasteiger partial charge in [-0.1, -0.05) is 23.7 Å². The number of esters is 1. The molecule has 0 radical (unpaired) electrons. The van der Waals surface area contributed by atoms with E-state index in [1.807, 2.05) is 0 Å². The fourth-order valence-corrected chi connectivity index (χ4v) is 4.03. The number of ether oxygens (including phenoxy) is 2. The molecule has 0 bridgehead atoms. The molecule has 10 heteroatoms. The molecule has 1 N–H and O–H groups in total. The van der Waals surface area contributed by atoms with Crippen LogP contribution in [0.3, 0.4) is 0 Å². The van der Waals surface area contributed by atoms with Crippen LogP contribution in [0.2, 0.25) is 5.02 Å². The normalized spacial score (nSPS) is 10.5. The molecule has 1 aromatic heterocycles. The van der Waals surface area contributed by atoms with Crippen LogP contribution < -0.4 is 10.1 Å². The minimum absolute atomic E-state index is 0.0332. The molecule has 32 heavy (non-hydrogen) atoms. The number of halogens is 1. The molecular weight excluding hydrogens is 456 g/mol. The molecule has 0 atom stereocenters. The van der Waals surface area contributed by atoms with Crippen LogP contribution in [0.15, 0.2) is 47.8 Å². The zero-order valence-electron chi connectivity index (χ0n) is 17.2. The Hall–Kier alpha value is -3.43. The molecule has 8 nitrogen and oxygen atoms in total. The zero-order chi connectivity index (χ0) is 23.3. The standard InChI is InChI=1S/C22H19ClN2O6S/c1-3-30-22(27)20-17(14-4-6-15(23)7-5-14)12-32-21(20)24-19(26)11-31-16-8-9-18(25(28)29)13(2)10-16/h4-10,12H,3,11H2,1-2H3,(H,24,26). The first-order chi connectivity index (χ1) is 15.3. The molecule has 1 heterocycles. The van der Waals surface area contributed by atoms with E-state index >= 15 is 0 Å². The van der Waals surface area contributed by atoms with Crippen LogP contribution in [-0.4, -0.2) is 30.0 Å². The molecule has 166 valence electrons. The molecule has 0 aliphatic rings. The van der Waals surface area contributed by atoms with Gasteiger partial charge in [0.1, 0.15) is 16.3 Å². The molecule has 0 aliphatic carbocycles.